The van der Waals surface area contributed by atoms with Crippen molar-refractivity contribution in [3.63, 3.8) is 0 Å². The molecule has 1 fully saturated rings. The van der Waals surface area contributed by atoms with E-state index in [2.05, 4.69) is 9.88 Å². The molecule has 0 bridgehead atoms. The first-order chi connectivity index (χ1) is 14.6. The molecule has 0 aliphatic carbocycles. The number of aromatic amines is 1. The SMILES string of the molecule is CCOC(=O)C1CCN(Cc2nc3cc(-c4ccc(OC)cc4)sc3c(=O)[nH]2)CC1. The molecule has 0 atom stereocenters. The van der Waals surface area contributed by atoms with Gasteiger partial charge in [-0.15, -0.1) is 11.3 Å². The molecule has 30 heavy (non-hydrogen) atoms. The Bertz CT molecular complexity index is 1080. The van der Waals surface area contributed by atoms with E-state index < -0.39 is 0 Å². The van der Waals surface area contributed by atoms with Crippen LogP contribution in [-0.4, -0.2) is 47.6 Å². The Morgan fingerprint density at radius 3 is 2.67 bits per heavy atom. The van der Waals surface area contributed by atoms with Crippen LogP contribution in [0.3, 0.4) is 0 Å². The van der Waals surface area contributed by atoms with Crippen molar-refractivity contribution in [3.05, 3.63) is 46.5 Å². The highest BCUT2D eigenvalue weighted by Gasteiger charge is 2.26. The smallest absolute Gasteiger partial charge is 0.309 e. The molecule has 1 aliphatic heterocycles. The highest BCUT2D eigenvalue weighted by atomic mass is 32.1. The molecule has 0 saturated carbocycles. The summed E-state index contributed by atoms with van der Waals surface area (Å²) in [6, 6.07) is 9.73. The van der Waals surface area contributed by atoms with Crippen LogP contribution in [0.25, 0.3) is 20.7 Å². The number of hydrogen-bond acceptors (Lipinski definition) is 7. The number of hydrogen-bond donors (Lipinski definition) is 1. The van der Waals surface area contributed by atoms with Crippen molar-refractivity contribution < 1.29 is 14.3 Å². The van der Waals surface area contributed by atoms with Crippen molar-refractivity contribution in [1.29, 1.82) is 0 Å². The van der Waals surface area contributed by atoms with Crippen LogP contribution in [0.15, 0.2) is 35.1 Å². The first-order valence-corrected chi connectivity index (χ1v) is 10.9. The van der Waals surface area contributed by atoms with E-state index in [-0.39, 0.29) is 17.4 Å². The van der Waals surface area contributed by atoms with Gasteiger partial charge in [-0.05, 0) is 68.8 Å². The second kappa shape index (κ2) is 8.97. The van der Waals surface area contributed by atoms with E-state index >= 15 is 0 Å². The topological polar surface area (TPSA) is 84.5 Å². The van der Waals surface area contributed by atoms with Crippen molar-refractivity contribution in [2.45, 2.75) is 26.3 Å². The van der Waals surface area contributed by atoms with Gasteiger partial charge >= 0.3 is 5.97 Å². The lowest BCUT2D eigenvalue weighted by Crippen LogP contribution is -2.37. The third-order valence-electron chi connectivity index (χ3n) is 5.39. The first-order valence-electron chi connectivity index (χ1n) is 10.1. The molecule has 0 unspecified atom stereocenters. The maximum absolute atomic E-state index is 12.6. The zero-order valence-electron chi connectivity index (χ0n) is 17.1. The van der Waals surface area contributed by atoms with E-state index in [0.29, 0.717) is 29.2 Å². The Kier molecular flexibility index (Phi) is 6.15. The number of esters is 1. The third kappa shape index (κ3) is 4.39. The van der Waals surface area contributed by atoms with Gasteiger partial charge in [-0.2, -0.15) is 0 Å². The molecular formula is C22H25N3O4S. The van der Waals surface area contributed by atoms with Crippen molar-refractivity contribution >= 4 is 27.5 Å². The minimum atomic E-state index is -0.110. The fourth-order valence-corrected chi connectivity index (χ4v) is 4.76. The molecule has 3 aromatic rings. The maximum atomic E-state index is 12.6. The number of thiophene rings is 1. The summed E-state index contributed by atoms with van der Waals surface area (Å²) in [7, 11) is 1.64. The molecule has 2 aromatic heterocycles. The quantitative estimate of drug-likeness (QED) is 0.607. The fraction of sp³-hybridized carbons (Fsp3) is 0.409. The minimum Gasteiger partial charge on any atom is -0.497 e. The molecule has 1 aromatic carbocycles. The summed E-state index contributed by atoms with van der Waals surface area (Å²) in [4.78, 5) is 35.4. The predicted octanol–water partition coefficient (Wildman–Crippen LogP) is 3.44. The average Bonchev–Trinajstić information content (AvgIpc) is 3.19. The summed E-state index contributed by atoms with van der Waals surface area (Å²) >= 11 is 1.44. The van der Waals surface area contributed by atoms with Crippen LogP contribution in [0.5, 0.6) is 5.75 Å². The molecule has 1 saturated heterocycles. The Hall–Kier alpha value is -2.71. The van der Waals surface area contributed by atoms with Gasteiger partial charge in [0, 0.05) is 4.88 Å². The van der Waals surface area contributed by atoms with Crippen molar-refractivity contribution in [3.8, 4) is 16.2 Å². The average molecular weight is 428 g/mol. The number of piperidine rings is 1. The number of benzene rings is 1. The number of carbonyl (C=O) groups is 1. The molecule has 158 valence electrons. The van der Waals surface area contributed by atoms with E-state index in [1.807, 2.05) is 37.3 Å². The van der Waals surface area contributed by atoms with E-state index in [1.54, 1.807) is 7.11 Å². The minimum absolute atomic E-state index is 0.0281. The van der Waals surface area contributed by atoms with Crippen molar-refractivity contribution in [1.82, 2.24) is 14.9 Å². The zero-order chi connectivity index (χ0) is 21.1. The summed E-state index contributed by atoms with van der Waals surface area (Å²) < 4.78 is 11.0. The van der Waals surface area contributed by atoms with E-state index in [9.17, 15) is 9.59 Å². The molecule has 4 rings (SSSR count). The molecule has 0 amide bonds. The largest absolute Gasteiger partial charge is 0.497 e. The summed E-state index contributed by atoms with van der Waals surface area (Å²) in [5.74, 6) is 1.32. The second-order valence-electron chi connectivity index (χ2n) is 7.37. The van der Waals surface area contributed by atoms with E-state index in [0.717, 1.165) is 42.1 Å². The van der Waals surface area contributed by atoms with Crippen LogP contribution < -0.4 is 10.3 Å². The number of H-pyrrole nitrogens is 1. The lowest BCUT2D eigenvalue weighted by molar-refractivity contribution is -0.149. The van der Waals surface area contributed by atoms with Crippen LogP contribution in [0.4, 0.5) is 0 Å². The molecule has 1 aliphatic rings. The van der Waals surface area contributed by atoms with Gasteiger partial charge in [-0.3, -0.25) is 14.5 Å². The molecule has 0 spiro atoms. The van der Waals surface area contributed by atoms with Crippen LogP contribution in [-0.2, 0) is 16.1 Å². The predicted molar refractivity (Wildman–Crippen MR) is 117 cm³/mol. The number of nitrogens with zero attached hydrogens (tertiary/aromatic N) is 2. The fourth-order valence-electron chi connectivity index (χ4n) is 3.76. The van der Waals surface area contributed by atoms with Gasteiger partial charge in [-0.1, -0.05) is 0 Å². The Morgan fingerprint density at radius 2 is 2.00 bits per heavy atom. The van der Waals surface area contributed by atoms with Crippen LogP contribution >= 0.6 is 11.3 Å². The maximum Gasteiger partial charge on any atom is 0.309 e. The third-order valence-corrected chi connectivity index (χ3v) is 6.56. The number of carbonyl (C=O) groups excluding carboxylic acids is 1. The molecule has 3 heterocycles. The number of methoxy groups -OCH3 is 1. The molecule has 7 nitrogen and oxygen atoms in total. The molecular weight excluding hydrogens is 402 g/mol. The van der Waals surface area contributed by atoms with Gasteiger partial charge in [0.2, 0.25) is 0 Å². The van der Waals surface area contributed by atoms with Crippen molar-refractivity contribution in [2.75, 3.05) is 26.8 Å². The highest BCUT2D eigenvalue weighted by molar-refractivity contribution is 7.22. The monoisotopic (exact) mass is 427 g/mol. The summed E-state index contributed by atoms with van der Waals surface area (Å²) in [5.41, 5.74) is 1.63. The van der Waals surface area contributed by atoms with Gasteiger partial charge in [-0.25, -0.2) is 4.98 Å². The summed E-state index contributed by atoms with van der Waals surface area (Å²) in [5, 5.41) is 0. The first kappa shape index (κ1) is 20.6. The molecule has 8 heteroatoms. The van der Waals surface area contributed by atoms with Gasteiger partial charge in [0.05, 0.1) is 31.7 Å². The number of rotatable bonds is 6. The number of aromatic nitrogens is 2. The van der Waals surface area contributed by atoms with Gasteiger partial charge < -0.3 is 14.5 Å². The number of ether oxygens (including phenoxy) is 2. The normalized spacial score (nSPS) is 15.4. The van der Waals surface area contributed by atoms with Crippen LogP contribution in [0.2, 0.25) is 0 Å². The lowest BCUT2D eigenvalue weighted by Gasteiger charge is -2.30. The summed E-state index contributed by atoms with van der Waals surface area (Å²) in [6.45, 7) is 4.38. The van der Waals surface area contributed by atoms with Crippen LogP contribution in [0, 0.1) is 5.92 Å². The standard InChI is InChI=1S/C22H25N3O4S/c1-3-29-22(27)15-8-10-25(11-9-15)13-19-23-17-12-18(30-20(17)21(26)24-19)14-4-6-16(28-2)7-5-14/h4-7,12,15H,3,8-11,13H2,1-2H3,(H,23,24,26). The van der Waals surface area contributed by atoms with Gasteiger partial charge in [0.15, 0.2) is 0 Å². The van der Waals surface area contributed by atoms with Gasteiger partial charge in [0.25, 0.3) is 5.56 Å². The van der Waals surface area contributed by atoms with E-state index in [4.69, 9.17) is 14.5 Å². The van der Waals surface area contributed by atoms with E-state index in [1.165, 1.54) is 11.3 Å². The highest BCUT2D eigenvalue weighted by Crippen LogP contribution is 2.32. The molecule has 0 radical (unpaired) electrons. The second-order valence-corrected chi connectivity index (χ2v) is 8.42. The Morgan fingerprint density at radius 1 is 1.27 bits per heavy atom. The van der Waals surface area contributed by atoms with Gasteiger partial charge in [0.1, 0.15) is 16.3 Å². The zero-order valence-corrected chi connectivity index (χ0v) is 18.0. The number of likely N-dealkylation sites (tertiary alicyclic amines) is 1. The Balaban J connectivity index is 1.48. The van der Waals surface area contributed by atoms with Crippen molar-refractivity contribution in [2.24, 2.45) is 5.92 Å². The molecule has 1 N–H and O–H groups in total. The Labute approximate surface area is 178 Å². The number of nitrogens with one attached hydrogen (secondary N) is 1. The number of fused-ring (bicyclic) bond motifs is 1. The lowest BCUT2D eigenvalue weighted by atomic mass is 9.97. The summed E-state index contributed by atoms with van der Waals surface area (Å²) in [6.07, 6.45) is 1.54. The van der Waals surface area contributed by atoms with Crippen LogP contribution in [0.1, 0.15) is 25.6 Å².